The van der Waals surface area contributed by atoms with Gasteiger partial charge in [0, 0.05) is 17.3 Å². The van der Waals surface area contributed by atoms with Crippen molar-refractivity contribution in [2.75, 3.05) is 19.5 Å². The number of rotatable bonds is 5. The van der Waals surface area contributed by atoms with Crippen molar-refractivity contribution >= 4 is 17.7 Å². The topological polar surface area (TPSA) is 67.8 Å². The highest BCUT2D eigenvalue weighted by molar-refractivity contribution is 6.06. The van der Waals surface area contributed by atoms with Crippen LogP contribution >= 0.6 is 0 Å². The number of ether oxygens (including phenoxy) is 2. The molecule has 0 fully saturated rings. The van der Waals surface area contributed by atoms with E-state index in [-0.39, 0.29) is 11.7 Å². The second kappa shape index (κ2) is 7.35. The van der Waals surface area contributed by atoms with Crippen LogP contribution in [-0.4, -0.2) is 25.2 Å². The number of carbonyl (C=O) groups excluding carboxylic acids is 1. The molecule has 0 aliphatic heterocycles. The number of hydrogen-bond acceptors (Lipinski definition) is 4. The molecule has 2 aromatic rings. The van der Waals surface area contributed by atoms with Crippen LogP contribution in [0.2, 0.25) is 0 Å². The number of methoxy groups -OCH3 is 2. The van der Waals surface area contributed by atoms with Gasteiger partial charge in [0.15, 0.2) is 11.5 Å². The van der Waals surface area contributed by atoms with Gasteiger partial charge in [-0.2, -0.15) is 0 Å². The Morgan fingerprint density at radius 2 is 1.83 bits per heavy atom. The van der Waals surface area contributed by atoms with Crippen LogP contribution in [0.1, 0.15) is 12.5 Å². The number of phenolic OH excluding ortho intramolecular Hbond substituents is 1. The van der Waals surface area contributed by atoms with Gasteiger partial charge < -0.3 is 19.9 Å². The lowest BCUT2D eigenvalue weighted by Crippen LogP contribution is -2.12. The lowest BCUT2D eigenvalue weighted by atomic mass is 10.1. The van der Waals surface area contributed by atoms with Crippen molar-refractivity contribution in [2.45, 2.75) is 6.92 Å². The van der Waals surface area contributed by atoms with Crippen molar-refractivity contribution in [1.82, 2.24) is 0 Å². The van der Waals surface area contributed by atoms with E-state index in [0.29, 0.717) is 22.8 Å². The van der Waals surface area contributed by atoms with Crippen LogP contribution < -0.4 is 14.8 Å². The van der Waals surface area contributed by atoms with E-state index < -0.39 is 0 Å². The van der Waals surface area contributed by atoms with Crippen molar-refractivity contribution in [3.8, 4) is 17.2 Å². The van der Waals surface area contributed by atoms with Crippen molar-refractivity contribution in [1.29, 1.82) is 0 Å². The second-order valence-corrected chi connectivity index (χ2v) is 4.95. The van der Waals surface area contributed by atoms with Gasteiger partial charge in [-0.05, 0) is 42.8 Å². The first-order chi connectivity index (χ1) is 11.0. The van der Waals surface area contributed by atoms with Gasteiger partial charge in [-0.3, -0.25) is 4.79 Å². The maximum Gasteiger partial charge on any atom is 0.251 e. The Bertz CT molecular complexity index is 738. The van der Waals surface area contributed by atoms with Crippen LogP contribution in [0, 0.1) is 0 Å². The molecule has 0 heterocycles. The molecule has 2 rings (SSSR count). The molecule has 0 saturated carbocycles. The number of amides is 1. The van der Waals surface area contributed by atoms with E-state index in [9.17, 15) is 9.90 Å². The Balaban J connectivity index is 2.17. The summed E-state index contributed by atoms with van der Waals surface area (Å²) in [7, 11) is 3.13. The molecular weight excluding hydrogens is 294 g/mol. The van der Waals surface area contributed by atoms with Crippen LogP contribution in [0.25, 0.3) is 6.08 Å². The zero-order valence-electron chi connectivity index (χ0n) is 13.3. The van der Waals surface area contributed by atoms with Crippen molar-refractivity contribution in [2.24, 2.45) is 0 Å². The quantitative estimate of drug-likeness (QED) is 0.830. The molecule has 0 radical (unpaired) electrons. The Labute approximate surface area is 135 Å². The minimum absolute atomic E-state index is 0.101. The van der Waals surface area contributed by atoms with Crippen molar-refractivity contribution < 1.29 is 19.4 Å². The van der Waals surface area contributed by atoms with Gasteiger partial charge in [0.25, 0.3) is 5.91 Å². The van der Waals surface area contributed by atoms with E-state index >= 15 is 0 Å². The van der Waals surface area contributed by atoms with E-state index in [1.165, 1.54) is 6.07 Å². The smallest absolute Gasteiger partial charge is 0.251 e. The lowest BCUT2D eigenvalue weighted by Gasteiger charge is -2.09. The summed E-state index contributed by atoms with van der Waals surface area (Å²) >= 11 is 0. The Morgan fingerprint density at radius 3 is 2.48 bits per heavy atom. The molecule has 0 atom stereocenters. The number of carbonyl (C=O) groups is 1. The Kier molecular flexibility index (Phi) is 5.25. The third kappa shape index (κ3) is 4.26. The molecule has 120 valence electrons. The molecular formula is C18H19NO4. The maximum atomic E-state index is 12.2. The molecule has 0 aliphatic rings. The summed E-state index contributed by atoms with van der Waals surface area (Å²) in [5, 5.41) is 12.1. The fraction of sp³-hybridized carbons (Fsp3) is 0.167. The van der Waals surface area contributed by atoms with Crippen molar-refractivity contribution in [3.63, 3.8) is 0 Å². The SMILES string of the molecule is COc1ccc(/C=C(\C)C(=O)Nc2cccc(O)c2)cc1OC. The molecule has 0 aromatic heterocycles. The third-order valence-corrected chi connectivity index (χ3v) is 3.25. The summed E-state index contributed by atoms with van der Waals surface area (Å²) in [6.45, 7) is 1.72. The molecule has 0 saturated heterocycles. The van der Waals surface area contributed by atoms with Gasteiger partial charge in [0.05, 0.1) is 14.2 Å². The predicted molar refractivity (Wildman–Crippen MR) is 89.9 cm³/mol. The van der Waals surface area contributed by atoms with E-state index in [2.05, 4.69) is 5.32 Å². The van der Waals surface area contributed by atoms with Gasteiger partial charge in [-0.25, -0.2) is 0 Å². The first-order valence-electron chi connectivity index (χ1n) is 7.04. The van der Waals surface area contributed by atoms with Gasteiger partial charge in [0.2, 0.25) is 0 Å². The van der Waals surface area contributed by atoms with Crippen LogP contribution in [0.5, 0.6) is 17.2 Å². The molecule has 1 amide bonds. The van der Waals surface area contributed by atoms with Crippen LogP contribution in [0.4, 0.5) is 5.69 Å². The number of anilines is 1. The molecule has 5 nitrogen and oxygen atoms in total. The van der Waals surface area contributed by atoms with Gasteiger partial charge in [-0.1, -0.05) is 12.1 Å². The molecule has 0 spiro atoms. The molecule has 2 N–H and O–H groups in total. The lowest BCUT2D eigenvalue weighted by molar-refractivity contribution is -0.112. The minimum atomic E-state index is -0.245. The molecule has 2 aromatic carbocycles. The van der Waals surface area contributed by atoms with E-state index in [1.54, 1.807) is 57.6 Å². The Hall–Kier alpha value is -2.95. The average molecular weight is 313 g/mol. The van der Waals surface area contributed by atoms with E-state index in [4.69, 9.17) is 9.47 Å². The normalized spacial score (nSPS) is 11.0. The number of benzene rings is 2. The zero-order valence-corrected chi connectivity index (χ0v) is 13.3. The summed E-state index contributed by atoms with van der Waals surface area (Å²) in [5.41, 5.74) is 1.89. The second-order valence-electron chi connectivity index (χ2n) is 4.95. The zero-order chi connectivity index (χ0) is 16.8. The highest BCUT2D eigenvalue weighted by Crippen LogP contribution is 2.28. The summed E-state index contributed by atoms with van der Waals surface area (Å²) in [4.78, 5) is 12.2. The fourth-order valence-corrected chi connectivity index (χ4v) is 2.07. The van der Waals surface area contributed by atoms with Crippen molar-refractivity contribution in [3.05, 3.63) is 53.6 Å². The monoisotopic (exact) mass is 313 g/mol. The van der Waals surface area contributed by atoms with E-state index in [0.717, 1.165) is 5.56 Å². The standard InChI is InChI=1S/C18H19NO4/c1-12(18(21)19-14-5-4-6-15(20)11-14)9-13-7-8-16(22-2)17(10-13)23-3/h4-11,20H,1-3H3,(H,19,21)/b12-9+. The number of nitrogens with one attached hydrogen (secondary N) is 1. The average Bonchev–Trinajstić information content (AvgIpc) is 2.54. The molecule has 0 aliphatic carbocycles. The molecule has 0 bridgehead atoms. The van der Waals surface area contributed by atoms with Crippen LogP contribution in [-0.2, 0) is 4.79 Å². The van der Waals surface area contributed by atoms with Gasteiger partial charge in [0.1, 0.15) is 5.75 Å². The highest BCUT2D eigenvalue weighted by Gasteiger charge is 2.07. The highest BCUT2D eigenvalue weighted by atomic mass is 16.5. The summed E-state index contributed by atoms with van der Waals surface area (Å²) < 4.78 is 10.4. The number of phenols is 1. The Morgan fingerprint density at radius 1 is 1.09 bits per heavy atom. The maximum absolute atomic E-state index is 12.2. The minimum Gasteiger partial charge on any atom is -0.508 e. The fourth-order valence-electron chi connectivity index (χ4n) is 2.07. The molecule has 23 heavy (non-hydrogen) atoms. The van der Waals surface area contributed by atoms with Gasteiger partial charge >= 0.3 is 0 Å². The third-order valence-electron chi connectivity index (χ3n) is 3.25. The van der Waals surface area contributed by atoms with E-state index in [1.807, 2.05) is 6.07 Å². The first-order valence-corrected chi connectivity index (χ1v) is 7.04. The van der Waals surface area contributed by atoms with Crippen LogP contribution in [0.3, 0.4) is 0 Å². The number of hydrogen-bond donors (Lipinski definition) is 2. The van der Waals surface area contributed by atoms with Gasteiger partial charge in [-0.15, -0.1) is 0 Å². The summed E-state index contributed by atoms with van der Waals surface area (Å²) in [6.07, 6.45) is 1.75. The first kappa shape index (κ1) is 16.4. The number of aromatic hydroxyl groups is 1. The summed E-state index contributed by atoms with van der Waals surface area (Å²) in [5.74, 6) is 1.09. The van der Waals surface area contributed by atoms with Crippen LogP contribution in [0.15, 0.2) is 48.0 Å². The predicted octanol–water partition coefficient (Wildman–Crippen LogP) is 3.45. The molecule has 5 heteroatoms. The molecule has 0 unspecified atom stereocenters. The largest absolute Gasteiger partial charge is 0.508 e. The summed E-state index contributed by atoms with van der Waals surface area (Å²) in [6, 6.07) is 11.8.